The van der Waals surface area contributed by atoms with E-state index in [9.17, 15) is 4.79 Å². The van der Waals surface area contributed by atoms with Crippen molar-refractivity contribution in [2.75, 3.05) is 7.05 Å². The van der Waals surface area contributed by atoms with Gasteiger partial charge in [-0.05, 0) is 31.0 Å². The SMILES string of the molecule is CC(c1ccncn1)N(C)C(=O)c1cnc2c(c1)ncn2CCc1ccccc1. The van der Waals surface area contributed by atoms with Crippen LogP contribution in [0, 0.1) is 0 Å². The fraction of sp³-hybridized carbons (Fsp3) is 0.227. The minimum Gasteiger partial charge on any atom is -0.333 e. The molecular formula is C22H22N6O. The largest absolute Gasteiger partial charge is 0.333 e. The fourth-order valence-corrected chi connectivity index (χ4v) is 3.25. The normalized spacial score (nSPS) is 12.1. The molecule has 4 aromatic rings. The molecule has 0 spiro atoms. The van der Waals surface area contributed by atoms with Crippen LogP contribution in [-0.4, -0.2) is 42.4 Å². The van der Waals surface area contributed by atoms with Crippen LogP contribution in [0.25, 0.3) is 11.2 Å². The number of aryl methyl sites for hydroxylation is 2. The van der Waals surface area contributed by atoms with E-state index in [0.717, 1.165) is 24.3 Å². The number of benzene rings is 1. The van der Waals surface area contributed by atoms with Crippen LogP contribution in [0.1, 0.15) is 34.6 Å². The Morgan fingerprint density at radius 2 is 1.97 bits per heavy atom. The Morgan fingerprint density at radius 3 is 2.72 bits per heavy atom. The Labute approximate surface area is 169 Å². The van der Waals surface area contributed by atoms with Crippen molar-refractivity contribution in [1.29, 1.82) is 0 Å². The first kappa shape index (κ1) is 18.7. The maximum absolute atomic E-state index is 12.9. The first-order chi connectivity index (χ1) is 14.1. The molecule has 0 radical (unpaired) electrons. The van der Waals surface area contributed by atoms with Gasteiger partial charge in [-0.3, -0.25) is 4.79 Å². The Kier molecular flexibility index (Phi) is 5.29. The molecule has 0 saturated carbocycles. The zero-order chi connectivity index (χ0) is 20.2. The number of fused-ring (bicyclic) bond motifs is 1. The number of aromatic nitrogens is 5. The molecule has 0 aliphatic carbocycles. The highest BCUT2D eigenvalue weighted by Gasteiger charge is 2.21. The topological polar surface area (TPSA) is 76.8 Å². The zero-order valence-electron chi connectivity index (χ0n) is 16.4. The van der Waals surface area contributed by atoms with Crippen molar-refractivity contribution in [1.82, 2.24) is 29.4 Å². The Balaban J connectivity index is 1.51. The summed E-state index contributed by atoms with van der Waals surface area (Å²) >= 11 is 0. The lowest BCUT2D eigenvalue weighted by Gasteiger charge is -2.24. The lowest BCUT2D eigenvalue weighted by Crippen LogP contribution is -2.30. The zero-order valence-corrected chi connectivity index (χ0v) is 16.4. The maximum atomic E-state index is 12.9. The molecule has 0 aliphatic heterocycles. The summed E-state index contributed by atoms with van der Waals surface area (Å²) in [5.41, 5.74) is 4.06. The Bertz CT molecular complexity index is 1110. The van der Waals surface area contributed by atoms with Gasteiger partial charge in [-0.2, -0.15) is 0 Å². The van der Waals surface area contributed by atoms with Crippen LogP contribution in [0.3, 0.4) is 0 Å². The minimum atomic E-state index is -0.176. The summed E-state index contributed by atoms with van der Waals surface area (Å²) in [7, 11) is 1.76. The van der Waals surface area contributed by atoms with E-state index in [2.05, 4.69) is 32.1 Å². The summed E-state index contributed by atoms with van der Waals surface area (Å²) < 4.78 is 2.02. The van der Waals surface area contributed by atoms with Gasteiger partial charge in [0.15, 0.2) is 5.65 Å². The monoisotopic (exact) mass is 386 g/mol. The van der Waals surface area contributed by atoms with Crippen molar-refractivity contribution in [2.24, 2.45) is 0 Å². The van der Waals surface area contributed by atoms with Gasteiger partial charge < -0.3 is 9.47 Å². The maximum Gasteiger partial charge on any atom is 0.255 e. The van der Waals surface area contributed by atoms with E-state index < -0.39 is 0 Å². The van der Waals surface area contributed by atoms with Crippen LogP contribution in [0.5, 0.6) is 0 Å². The second-order valence-electron chi connectivity index (χ2n) is 6.97. The van der Waals surface area contributed by atoms with Gasteiger partial charge >= 0.3 is 0 Å². The first-order valence-corrected chi connectivity index (χ1v) is 9.51. The molecule has 3 heterocycles. The lowest BCUT2D eigenvalue weighted by molar-refractivity contribution is 0.0739. The number of carbonyl (C=O) groups is 1. The highest BCUT2D eigenvalue weighted by molar-refractivity contribution is 5.96. The van der Waals surface area contributed by atoms with Crippen LogP contribution >= 0.6 is 0 Å². The number of nitrogens with zero attached hydrogens (tertiary/aromatic N) is 6. The van der Waals surface area contributed by atoms with E-state index in [1.807, 2.05) is 35.8 Å². The number of amides is 1. The third kappa shape index (κ3) is 3.99. The average Bonchev–Trinajstić information content (AvgIpc) is 3.19. The number of carbonyl (C=O) groups excluding carboxylic acids is 1. The molecule has 0 aliphatic rings. The third-order valence-electron chi connectivity index (χ3n) is 5.12. The molecule has 1 unspecified atom stereocenters. The van der Waals surface area contributed by atoms with E-state index >= 15 is 0 Å². The second kappa shape index (κ2) is 8.18. The van der Waals surface area contributed by atoms with Crippen molar-refractivity contribution in [2.45, 2.75) is 25.9 Å². The minimum absolute atomic E-state index is 0.121. The summed E-state index contributed by atoms with van der Waals surface area (Å²) in [5, 5.41) is 0. The summed E-state index contributed by atoms with van der Waals surface area (Å²) in [5.74, 6) is -0.121. The summed E-state index contributed by atoms with van der Waals surface area (Å²) in [6, 6.07) is 13.7. The molecule has 3 aromatic heterocycles. The second-order valence-corrected chi connectivity index (χ2v) is 6.97. The third-order valence-corrected chi connectivity index (χ3v) is 5.12. The van der Waals surface area contributed by atoms with E-state index in [0.29, 0.717) is 11.1 Å². The van der Waals surface area contributed by atoms with Crippen molar-refractivity contribution in [3.05, 3.63) is 84.3 Å². The van der Waals surface area contributed by atoms with E-state index in [1.54, 1.807) is 36.7 Å². The highest BCUT2D eigenvalue weighted by atomic mass is 16.2. The van der Waals surface area contributed by atoms with Crippen molar-refractivity contribution in [3.63, 3.8) is 0 Å². The van der Waals surface area contributed by atoms with Crippen molar-refractivity contribution >= 4 is 17.1 Å². The summed E-state index contributed by atoms with van der Waals surface area (Å²) in [6.07, 6.45) is 7.46. The molecular weight excluding hydrogens is 364 g/mol. The molecule has 1 amide bonds. The van der Waals surface area contributed by atoms with Crippen LogP contribution in [0.15, 0.2) is 67.5 Å². The van der Waals surface area contributed by atoms with Gasteiger partial charge in [0.2, 0.25) is 0 Å². The van der Waals surface area contributed by atoms with E-state index in [4.69, 9.17) is 0 Å². The van der Waals surface area contributed by atoms with Gasteiger partial charge in [-0.25, -0.2) is 19.9 Å². The molecule has 29 heavy (non-hydrogen) atoms. The summed E-state index contributed by atoms with van der Waals surface area (Å²) in [6.45, 7) is 2.72. The molecule has 1 aromatic carbocycles. The van der Waals surface area contributed by atoms with Crippen LogP contribution in [-0.2, 0) is 13.0 Å². The molecule has 4 rings (SSSR count). The van der Waals surface area contributed by atoms with Crippen LogP contribution in [0.4, 0.5) is 0 Å². The molecule has 0 N–H and O–H groups in total. The Hall–Kier alpha value is -3.61. The predicted octanol–water partition coefficient (Wildman–Crippen LogP) is 3.30. The van der Waals surface area contributed by atoms with Gasteiger partial charge in [0, 0.05) is 26.0 Å². The molecule has 7 heteroatoms. The molecule has 7 nitrogen and oxygen atoms in total. The molecule has 0 saturated heterocycles. The molecule has 0 fully saturated rings. The first-order valence-electron chi connectivity index (χ1n) is 9.51. The molecule has 1 atom stereocenters. The van der Waals surface area contributed by atoms with Gasteiger partial charge in [0.25, 0.3) is 5.91 Å². The van der Waals surface area contributed by atoms with E-state index in [-0.39, 0.29) is 11.9 Å². The van der Waals surface area contributed by atoms with Gasteiger partial charge in [0.05, 0.1) is 23.6 Å². The van der Waals surface area contributed by atoms with Crippen molar-refractivity contribution in [3.8, 4) is 0 Å². The number of rotatable bonds is 6. The number of pyridine rings is 1. The quantitative estimate of drug-likeness (QED) is 0.508. The lowest BCUT2D eigenvalue weighted by atomic mass is 10.1. The van der Waals surface area contributed by atoms with Gasteiger partial charge in [-0.1, -0.05) is 30.3 Å². The van der Waals surface area contributed by atoms with Crippen LogP contribution < -0.4 is 0 Å². The smallest absolute Gasteiger partial charge is 0.255 e. The van der Waals surface area contributed by atoms with Crippen molar-refractivity contribution < 1.29 is 4.79 Å². The fourth-order valence-electron chi connectivity index (χ4n) is 3.25. The van der Waals surface area contributed by atoms with E-state index in [1.165, 1.54) is 11.9 Å². The summed E-state index contributed by atoms with van der Waals surface area (Å²) in [4.78, 5) is 31.7. The molecule has 146 valence electrons. The molecule has 0 bridgehead atoms. The van der Waals surface area contributed by atoms with Gasteiger partial charge in [-0.15, -0.1) is 0 Å². The average molecular weight is 386 g/mol. The highest BCUT2D eigenvalue weighted by Crippen LogP contribution is 2.20. The predicted molar refractivity (Wildman–Crippen MR) is 110 cm³/mol. The number of hydrogen-bond donors (Lipinski definition) is 0. The number of imidazole rings is 1. The number of hydrogen-bond acceptors (Lipinski definition) is 5. The van der Waals surface area contributed by atoms with Crippen LogP contribution in [0.2, 0.25) is 0 Å². The Morgan fingerprint density at radius 1 is 1.14 bits per heavy atom. The standard InChI is InChI=1S/C22H22N6O/c1-16(19-8-10-23-14-25-19)27(2)22(29)18-12-20-21(24-13-18)28(15-26-20)11-9-17-6-4-3-5-7-17/h3-8,10,12-16H,9,11H2,1-2H3. The van der Waals surface area contributed by atoms with Gasteiger partial charge in [0.1, 0.15) is 11.8 Å².